The SMILES string of the molecule is CCS(=O)(=O)N[C@H]1[C@H]([C@H](OC(C)=O)[C@@H](COC(C)=O)OC(C)=O)OC(C(=O)OC)=C[C@@H]1N=[N+]=[N-]. The number of sulfonamides is 1. The van der Waals surface area contributed by atoms with Gasteiger partial charge in [0.2, 0.25) is 15.8 Å². The molecule has 0 saturated carbocycles. The molecule has 1 rings (SSSR count). The Kier molecular flexibility index (Phi) is 10.8. The summed E-state index contributed by atoms with van der Waals surface area (Å²) < 4.78 is 52.6. The Bertz CT molecular complexity index is 974. The highest BCUT2D eigenvalue weighted by atomic mass is 32.2. The average molecular weight is 506 g/mol. The molecule has 1 aliphatic heterocycles. The zero-order valence-corrected chi connectivity index (χ0v) is 19.9. The summed E-state index contributed by atoms with van der Waals surface area (Å²) in [7, 11) is -2.93. The van der Waals surface area contributed by atoms with Crippen LogP contribution < -0.4 is 4.72 Å². The normalized spacial score (nSPS) is 21.4. The van der Waals surface area contributed by atoms with Crippen molar-refractivity contribution < 1.29 is 51.3 Å². The second kappa shape index (κ2) is 12.8. The average Bonchev–Trinajstić information content (AvgIpc) is 2.75. The maximum Gasteiger partial charge on any atom is 0.372 e. The van der Waals surface area contributed by atoms with Crippen molar-refractivity contribution in [3.8, 4) is 0 Å². The highest BCUT2D eigenvalue weighted by Gasteiger charge is 2.48. The van der Waals surface area contributed by atoms with Gasteiger partial charge in [0.15, 0.2) is 18.3 Å². The fraction of sp³-hybridized carbons (Fsp3) is 0.667. The molecule has 0 aromatic rings. The molecule has 15 nitrogen and oxygen atoms in total. The van der Waals surface area contributed by atoms with Gasteiger partial charge in [0.05, 0.1) is 24.9 Å². The molecule has 0 amide bonds. The topological polar surface area (TPSA) is 209 Å². The van der Waals surface area contributed by atoms with Crippen LogP contribution in [-0.2, 0) is 52.9 Å². The molecule has 0 aromatic carbocycles. The van der Waals surface area contributed by atoms with Gasteiger partial charge in [0.1, 0.15) is 6.61 Å². The van der Waals surface area contributed by atoms with Crippen LogP contribution in [0.2, 0.25) is 0 Å². The molecular formula is C18H26N4O11S. The molecular weight excluding hydrogens is 480 g/mol. The molecule has 0 unspecified atom stereocenters. The fourth-order valence-electron chi connectivity index (χ4n) is 2.95. The van der Waals surface area contributed by atoms with Crippen molar-refractivity contribution in [3.05, 3.63) is 22.3 Å². The van der Waals surface area contributed by atoms with E-state index in [4.69, 9.17) is 24.5 Å². The molecule has 0 saturated heterocycles. The van der Waals surface area contributed by atoms with E-state index in [0.29, 0.717) is 0 Å². The molecule has 0 aromatic heterocycles. The summed E-state index contributed by atoms with van der Waals surface area (Å²) in [5.74, 6) is -4.39. The van der Waals surface area contributed by atoms with Crippen LogP contribution in [0.4, 0.5) is 0 Å². The van der Waals surface area contributed by atoms with Gasteiger partial charge < -0.3 is 23.7 Å². The molecule has 0 bridgehead atoms. The van der Waals surface area contributed by atoms with E-state index in [1.807, 2.05) is 0 Å². The number of hydrogen-bond donors (Lipinski definition) is 1. The Morgan fingerprint density at radius 2 is 1.79 bits per heavy atom. The van der Waals surface area contributed by atoms with Crippen molar-refractivity contribution in [1.29, 1.82) is 0 Å². The van der Waals surface area contributed by atoms with E-state index in [0.717, 1.165) is 34.0 Å². The minimum Gasteiger partial charge on any atom is -0.478 e. The van der Waals surface area contributed by atoms with Crippen molar-refractivity contribution in [3.63, 3.8) is 0 Å². The third-order valence-corrected chi connectivity index (χ3v) is 5.73. The summed E-state index contributed by atoms with van der Waals surface area (Å²) in [5, 5.41) is 3.51. The molecule has 34 heavy (non-hydrogen) atoms. The van der Waals surface area contributed by atoms with E-state index >= 15 is 0 Å². The number of ether oxygens (including phenoxy) is 5. The summed E-state index contributed by atoms with van der Waals surface area (Å²) in [6.07, 6.45) is -3.69. The third kappa shape index (κ3) is 8.53. The first kappa shape index (κ1) is 28.7. The second-order valence-electron chi connectivity index (χ2n) is 6.87. The molecule has 0 radical (unpaired) electrons. The van der Waals surface area contributed by atoms with Crippen molar-refractivity contribution in [1.82, 2.24) is 4.72 Å². The lowest BCUT2D eigenvalue weighted by atomic mass is 9.93. The number of nitrogens with zero attached hydrogens (tertiary/aromatic N) is 3. The van der Waals surface area contributed by atoms with Crippen molar-refractivity contribution in [2.75, 3.05) is 19.5 Å². The minimum absolute atomic E-state index is 0.383. The number of carbonyl (C=O) groups excluding carboxylic acids is 4. The van der Waals surface area contributed by atoms with Gasteiger partial charge in [-0.25, -0.2) is 17.9 Å². The lowest BCUT2D eigenvalue weighted by Gasteiger charge is -2.40. The first-order valence-electron chi connectivity index (χ1n) is 9.83. The number of rotatable bonds is 11. The van der Waals surface area contributed by atoms with Gasteiger partial charge in [0, 0.05) is 25.7 Å². The molecule has 190 valence electrons. The fourth-order valence-corrected chi connectivity index (χ4v) is 3.80. The molecule has 1 heterocycles. The van der Waals surface area contributed by atoms with E-state index in [1.54, 1.807) is 0 Å². The largest absolute Gasteiger partial charge is 0.478 e. The van der Waals surface area contributed by atoms with E-state index in [1.165, 1.54) is 6.92 Å². The lowest BCUT2D eigenvalue weighted by Crippen LogP contribution is -2.61. The molecule has 0 spiro atoms. The highest BCUT2D eigenvalue weighted by molar-refractivity contribution is 7.89. The smallest absolute Gasteiger partial charge is 0.372 e. The van der Waals surface area contributed by atoms with Crippen LogP contribution in [0, 0.1) is 0 Å². The number of carbonyl (C=O) groups is 4. The van der Waals surface area contributed by atoms with E-state index in [9.17, 15) is 27.6 Å². The molecule has 0 aliphatic carbocycles. The maximum absolute atomic E-state index is 12.4. The zero-order chi connectivity index (χ0) is 26.1. The van der Waals surface area contributed by atoms with Crippen molar-refractivity contribution in [2.24, 2.45) is 5.11 Å². The van der Waals surface area contributed by atoms with Crippen LogP contribution in [0.1, 0.15) is 27.7 Å². The Morgan fingerprint density at radius 3 is 2.26 bits per heavy atom. The van der Waals surface area contributed by atoms with Crippen LogP contribution in [-0.4, -0.2) is 82.2 Å². The maximum atomic E-state index is 12.4. The Morgan fingerprint density at radius 1 is 1.18 bits per heavy atom. The number of nitrogens with one attached hydrogen (secondary N) is 1. The van der Waals surface area contributed by atoms with E-state index in [-0.39, 0.29) is 5.75 Å². The first-order valence-corrected chi connectivity index (χ1v) is 11.5. The lowest BCUT2D eigenvalue weighted by molar-refractivity contribution is -0.187. The third-order valence-electron chi connectivity index (χ3n) is 4.33. The zero-order valence-electron chi connectivity index (χ0n) is 19.1. The standard InChI is InChI=1S/C18H26N4O11S/c1-6-34(27,28)21-15-12(20-22-19)7-13(18(26)29-5)33-17(15)16(32-11(4)25)14(31-10(3)24)8-30-9(2)23/h7,12,14-17,21H,6,8H2,1-5H3/t12-,14+,15+,16+,17+/m0/s1. The van der Waals surface area contributed by atoms with E-state index < -0.39 is 76.7 Å². The molecule has 0 fully saturated rings. The predicted molar refractivity (Wildman–Crippen MR) is 112 cm³/mol. The monoisotopic (exact) mass is 506 g/mol. The number of methoxy groups -OCH3 is 1. The van der Waals surface area contributed by atoms with Crippen molar-refractivity contribution >= 4 is 33.9 Å². The van der Waals surface area contributed by atoms with Gasteiger partial charge in [-0.15, -0.1) is 0 Å². The summed E-state index contributed by atoms with van der Waals surface area (Å²) in [6.45, 7) is 3.86. The summed E-state index contributed by atoms with van der Waals surface area (Å²) in [4.78, 5) is 49.8. The molecule has 16 heteroatoms. The summed E-state index contributed by atoms with van der Waals surface area (Å²) >= 11 is 0. The molecule has 1 aliphatic rings. The van der Waals surface area contributed by atoms with Gasteiger partial charge in [0.25, 0.3) is 0 Å². The minimum atomic E-state index is -3.98. The molecule has 5 atom stereocenters. The van der Waals surface area contributed by atoms with Crippen LogP contribution in [0.15, 0.2) is 16.9 Å². The van der Waals surface area contributed by atoms with Crippen LogP contribution in [0.3, 0.4) is 0 Å². The predicted octanol–water partition coefficient (Wildman–Crippen LogP) is -0.145. The van der Waals surface area contributed by atoms with Crippen LogP contribution in [0.25, 0.3) is 10.4 Å². The Balaban J connectivity index is 3.69. The first-order chi connectivity index (χ1) is 15.8. The number of hydrogen-bond acceptors (Lipinski definition) is 12. The van der Waals surface area contributed by atoms with Crippen LogP contribution >= 0.6 is 0 Å². The second-order valence-corrected chi connectivity index (χ2v) is 8.91. The van der Waals surface area contributed by atoms with Gasteiger partial charge in [-0.05, 0) is 18.5 Å². The van der Waals surface area contributed by atoms with Gasteiger partial charge in [-0.3, -0.25) is 14.4 Å². The summed E-state index contributed by atoms with van der Waals surface area (Å²) in [5.41, 5.74) is 9.00. The van der Waals surface area contributed by atoms with Gasteiger partial charge >= 0.3 is 23.9 Å². The quantitative estimate of drug-likeness (QED) is 0.128. The number of esters is 4. The van der Waals surface area contributed by atoms with Gasteiger partial charge in [-0.1, -0.05) is 5.11 Å². The van der Waals surface area contributed by atoms with Gasteiger partial charge in [-0.2, -0.15) is 0 Å². The Labute approximate surface area is 195 Å². The van der Waals surface area contributed by atoms with Crippen molar-refractivity contribution in [2.45, 2.75) is 58.1 Å². The van der Waals surface area contributed by atoms with E-state index in [2.05, 4.69) is 19.5 Å². The number of azide groups is 1. The summed E-state index contributed by atoms with van der Waals surface area (Å²) in [6, 6.07) is -2.79. The molecule has 1 N–H and O–H groups in total. The highest BCUT2D eigenvalue weighted by Crippen LogP contribution is 2.28. The van der Waals surface area contributed by atoms with Crippen LogP contribution in [0.5, 0.6) is 0 Å². The Hall–Kier alpha value is -3.36.